The number of anilines is 1. The standard InChI is InChI=1S/C25H26N4O8/c1-5-23(30)35-14-15-36-25(32)21-16-20(29(33)34)12-13-22(21)27-26-18-8-10-19(11-9-18)28(7-3)17(4)37-24(31)6-2/h5-6,8-13,16-17H,1-2,7,14-15H2,3-4H3. The molecule has 37 heavy (non-hydrogen) atoms. The molecule has 0 aliphatic rings. The molecule has 2 aromatic carbocycles. The molecule has 0 fully saturated rings. The van der Waals surface area contributed by atoms with Crippen LogP contribution in [0.1, 0.15) is 24.2 Å². The molecule has 12 nitrogen and oxygen atoms in total. The molecule has 0 amide bonds. The summed E-state index contributed by atoms with van der Waals surface area (Å²) in [4.78, 5) is 47.5. The zero-order chi connectivity index (χ0) is 27.4. The highest BCUT2D eigenvalue weighted by atomic mass is 16.6. The van der Waals surface area contributed by atoms with E-state index in [0.29, 0.717) is 12.2 Å². The van der Waals surface area contributed by atoms with Gasteiger partial charge < -0.3 is 19.1 Å². The van der Waals surface area contributed by atoms with Gasteiger partial charge in [0.25, 0.3) is 5.69 Å². The lowest BCUT2D eigenvalue weighted by Gasteiger charge is -2.29. The van der Waals surface area contributed by atoms with E-state index in [1.165, 1.54) is 12.1 Å². The van der Waals surface area contributed by atoms with Crippen LogP contribution in [-0.4, -0.2) is 48.8 Å². The third kappa shape index (κ3) is 8.38. The van der Waals surface area contributed by atoms with Crippen molar-refractivity contribution in [2.24, 2.45) is 10.2 Å². The molecule has 12 heteroatoms. The number of carbonyl (C=O) groups excluding carboxylic acids is 3. The minimum absolute atomic E-state index is 0.0444. The minimum Gasteiger partial charge on any atom is -0.459 e. The maximum atomic E-state index is 12.5. The van der Waals surface area contributed by atoms with Crippen LogP contribution in [0.5, 0.6) is 0 Å². The van der Waals surface area contributed by atoms with Gasteiger partial charge in [-0.05, 0) is 44.2 Å². The van der Waals surface area contributed by atoms with Gasteiger partial charge >= 0.3 is 17.9 Å². The van der Waals surface area contributed by atoms with Crippen molar-refractivity contribution in [3.63, 3.8) is 0 Å². The van der Waals surface area contributed by atoms with Crippen molar-refractivity contribution in [1.82, 2.24) is 0 Å². The molecular formula is C25H26N4O8. The van der Waals surface area contributed by atoms with Crippen LogP contribution in [0.2, 0.25) is 0 Å². The van der Waals surface area contributed by atoms with Crippen LogP contribution in [0.25, 0.3) is 0 Å². The average Bonchev–Trinajstić information content (AvgIpc) is 2.90. The summed E-state index contributed by atoms with van der Waals surface area (Å²) in [5.41, 5.74) is 0.730. The zero-order valence-electron chi connectivity index (χ0n) is 20.4. The number of non-ortho nitro benzene ring substituents is 1. The van der Waals surface area contributed by atoms with Crippen molar-refractivity contribution in [1.29, 1.82) is 0 Å². The van der Waals surface area contributed by atoms with Gasteiger partial charge in [0, 0.05) is 36.5 Å². The molecule has 0 aromatic heterocycles. The molecule has 0 saturated carbocycles. The van der Waals surface area contributed by atoms with Gasteiger partial charge in [-0.3, -0.25) is 10.1 Å². The normalized spacial score (nSPS) is 11.3. The van der Waals surface area contributed by atoms with Crippen molar-refractivity contribution in [2.45, 2.75) is 20.1 Å². The lowest BCUT2D eigenvalue weighted by atomic mass is 10.1. The van der Waals surface area contributed by atoms with Crippen molar-refractivity contribution in [3.8, 4) is 0 Å². The van der Waals surface area contributed by atoms with Gasteiger partial charge in [0.05, 0.1) is 16.2 Å². The molecule has 0 spiro atoms. The van der Waals surface area contributed by atoms with Gasteiger partial charge in [-0.15, -0.1) is 5.11 Å². The van der Waals surface area contributed by atoms with Gasteiger partial charge in [0.15, 0.2) is 6.23 Å². The first-order chi connectivity index (χ1) is 17.7. The first-order valence-corrected chi connectivity index (χ1v) is 11.1. The van der Waals surface area contributed by atoms with Gasteiger partial charge in [-0.25, -0.2) is 14.4 Å². The Hall–Kier alpha value is -4.87. The van der Waals surface area contributed by atoms with E-state index in [4.69, 9.17) is 14.2 Å². The van der Waals surface area contributed by atoms with E-state index in [2.05, 4.69) is 23.4 Å². The number of hydrogen-bond donors (Lipinski definition) is 0. The Bertz CT molecular complexity index is 1190. The van der Waals surface area contributed by atoms with E-state index in [0.717, 1.165) is 23.9 Å². The van der Waals surface area contributed by atoms with Gasteiger partial charge in [0.2, 0.25) is 0 Å². The largest absolute Gasteiger partial charge is 0.459 e. The maximum absolute atomic E-state index is 12.5. The Kier molecular flexibility index (Phi) is 10.6. The number of azo groups is 1. The molecule has 0 radical (unpaired) electrons. The summed E-state index contributed by atoms with van der Waals surface area (Å²) in [5, 5.41) is 19.3. The number of esters is 3. The van der Waals surface area contributed by atoms with Crippen LogP contribution in [-0.2, 0) is 23.8 Å². The molecule has 0 saturated heterocycles. The third-order valence-corrected chi connectivity index (χ3v) is 4.83. The van der Waals surface area contributed by atoms with Gasteiger partial charge in [-0.2, -0.15) is 5.11 Å². The monoisotopic (exact) mass is 510 g/mol. The number of hydrogen-bond acceptors (Lipinski definition) is 11. The maximum Gasteiger partial charge on any atom is 0.340 e. The molecule has 0 aliphatic carbocycles. The highest BCUT2D eigenvalue weighted by molar-refractivity contribution is 5.95. The lowest BCUT2D eigenvalue weighted by molar-refractivity contribution is -0.384. The molecule has 2 aromatic rings. The van der Waals surface area contributed by atoms with Crippen molar-refractivity contribution < 1.29 is 33.5 Å². The Morgan fingerprint density at radius 1 is 1.03 bits per heavy atom. The average molecular weight is 511 g/mol. The number of rotatable bonds is 13. The van der Waals surface area contributed by atoms with Crippen LogP contribution in [0.3, 0.4) is 0 Å². The summed E-state index contributed by atoms with van der Waals surface area (Å²) in [5.74, 6) is -2.11. The topological polar surface area (TPSA) is 150 Å². The Labute approximate surface area is 213 Å². The lowest BCUT2D eigenvalue weighted by Crippen LogP contribution is -2.36. The summed E-state index contributed by atoms with van der Waals surface area (Å²) in [6.45, 7) is 10.4. The minimum atomic E-state index is -0.899. The molecule has 0 aliphatic heterocycles. The van der Waals surface area contributed by atoms with E-state index in [1.54, 1.807) is 31.2 Å². The highest BCUT2D eigenvalue weighted by Gasteiger charge is 2.19. The fourth-order valence-electron chi connectivity index (χ4n) is 3.05. The smallest absolute Gasteiger partial charge is 0.340 e. The molecule has 0 N–H and O–H groups in total. The summed E-state index contributed by atoms with van der Waals surface area (Å²) in [6.07, 6.45) is 1.52. The number of carbonyl (C=O) groups is 3. The fraction of sp³-hybridized carbons (Fsp3) is 0.240. The predicted octanol–water partition coefficient (Wildman–Crippen LogP) is 4.80. The van der Waals surface area contributed by atoms with Crippen molar-refractivity contribution >= 4 is 40.7 Å². The quantitative estimate of drug-likeness (QED) is 0.0541. The van der Waals surface area contributed by atoms with Crippen molar-refractivity contribution in [2.75, 3.05) is 24.7 Å². The summed E-state index contributed by atoms with van der Waals surface area (Å²) >= 11 is 0. The first-order valence-electron chi connectivity index (χ1n) is 11.1. The zero-order valence-corrected chi connectivity index (χ0v) is 20.4. The summed E-state index contributed by atoms with van der Waals surface area (Å²) in [6, 6.07) is 10.3. The van der Waals surface area contributed by atoms with E-state index in [-0.39, 0.29) is 30.2 Å². The molecule has 0 heterocycles. The SMILES string of the molecule is C=CC(=O)OCCOC(=O)c1cc([N+](=O)[O-])ccc1N=Nc1ccc(N(CC)C(C)OC(=O)C=C)cc1. The second kappa shape index (κ2) is 13.9. The van der Waals surface area contributed by atoms with Gasteiger partial charge in [-0.1, -0.05) is 13.2 Å². The summed E-state index contributed by atoms with van der Waals surface area (Å²) < 4.78 is 15.0. The summed E-state index contributed by atoms with van der Waals surface area (Å²) in [7, 11) is 0. The van der Waals surface area contributed by atoms with Crippen LogP contribution >= 0.6 is 0 Å². The Morgan fingerprint density at radius 2 is 1.68 bits per heavy atom. The van der Waals surface area contributed by atoms with Crippen LogP contribution in [0, 0.1) is 10.1 Å². The first kappa shape index (κ1) is 28.4. The van der Waals surface area contributed by atoms with E-state index >= 15 is 0 Å². The molecule has 1 atom stereocenters. The predicted molar refractivity (Wildman–Crippen MR) is 134 cm³/mol. The van der Waals surface area contributed by atoms with Crippen LogP contribution < -0.4 is 4.90 Å². The second-order valence-electron chi connectivity index (χ2n) is 7.21. The molecule has 2 rings (SSSR count). The van der Waals surface area contributed by atoms with E-state index in [9.17, 15) is 24.5 Å². The molecular weight excluding hydrogens is 484 g/mol. The molecule has 1 unspecified atom stereocenters. The van der Waals surface area contributed by atoms with E-state index in [1.807, 2.05) is 11.8 Å². The number of benzene rings is 2. The molecule has 194 valence electrons. The number of ether oxygens (including phenoxy) is 3. The van der Waals surface area contributed by atoms with Gasteiger partial charge in [0.1, 0.15) is 18.9 Å². The van der Waals surface area contributed by atoms with Crippen LogP contribution in [0.4, 0.5) is 22.7 Å². The van der Waals surface area contributed by atoms with E-state index < -0.39 is 29.1 Å². The van der Waals surface area contributed by atoms with Crippen molar-refractivity contribution in [3.05, 3.63) is 83.5 Å². The fourth-order valence-corrected chi connectivity index (χ4v) is 3.05. The number of nitro groups is 1. The highest BCUT2D eigenvalue weighted by Crippen LogP contribution is 2.28. The third-order valence-electron chi connectivity index (χ3n) is 4.83. The van der Waals surface area contributed by atoms with Crippen LogP contribution in [0.15, 0.2) is 78.0 Å². The number of nitro benzene ring substituents is 1. The number of nitrogens with zero attached hydrogens (tertiary/aromatic N) is 4. The Morgan fingerprint density at radius 3 is 2.27 bits per heavy atom. The second-order valence-corrected chi connectivity index (χ2v) is 7.21. The molecule has 0 bridgehead atoms. The Balaban J connectivity index is 2.20.